The van der Waals surface area contributed by atoms with Gasteiger partial charge >= 0.3 is 0 Å². The van der Waals surface area contributed by atoms with Crippen molar-refractivity contribution in [1.82, 2.24) is 0 Å². The fourth-order valence-electron chi connectivity index (χ4n) is 1.71. The Labute approximate surface area is 101 Å². The van der Waals surface area contributed by atoms with E-state index in [0.29, 0.717) is 17.3 Å². The lowest BCUT2D eigenvalue weighted by atomic mass is 10.0. The van der Waals surface area contributed by atoms with Crippen LogP contribution in [0.25, 0.3) is 0 Å². The molecule has 0 heterocycles. The zero-order chi connectivity index (χ0) is 12.1. The molecule has 3 nitrogen and oxygen atoms in total. The van der Waals surface area contributed by atoms with Gasteiger partial charge in [-0.25, -0.2) is 0 Å². The standard InChI is InChI=1S/C12H18ClNO2/c1-8-9(5-4-6-14)12(16-3)11(15-2)7-10(8)13/h7H,4-6,14H2,1-3H3. The summed E-state index contributed by atoms with van der Waals surface area (Å²) in [4.78, 5) is 0. The van der Waals surface area contributed by atoms with Crippen LogP contribution in [0.4, 0.5) is 0 Å². The second-order valence-electron chi connectivity index (χ2n) is 3.59. The molecule has 0 aliphatic carbocycles. The van der Waals surface area contributed by atoms with Crippen molar-refractivity contribution in [3.05, 3.63) is 22.2 Å². The van der Waals surface area contributed by atoms with Gasteiger partial charge in [-0.1, -0.05) is 11.6 Å². The summed E-state index contributed by atoms with van der Waals surface area (Å²) in [6.45, 7) is 2.63. The highest BCUT2D eigenvalue weighted by Crippen LogP contribution is 2.38. The molecule has 1 aromatic carbocycles. The molecule has 0 unspecified atom stereocenters. The number of hydrogen-bond acceptors (Lipinski definition) is 3. The third kappa shape index (κ3) is 2.60. The number of methoxy groups -OCH3 is 2. The van der Waals surface area contributed by atoms with E-state index in [1.54, 1.807) is 20.3 Å². The second-order valence-corrected chi connectivity index (χ2v) is 4.00. The van der Waals surface area contributed by atoms with Gasteiger partial charge in [0.25, 0.3) is 0 Å². The van der Waals surface area contributed by atoms with E-state index in [9.17, 15) is 0 Å². The predicted molar refractivity (Wildman–Crippen MR) is 66.7 cm³/mol. The first-order chi connectivity index (χ1) is 7.65. The fourth-order valence-corrected chi connectivity index (χ4v) is 1.92. The van der Waals surface area contributed by atoms with Gasteiger partial charge in [0, 0.05) is 16.7 Å². The maximum atomic E-state index is 6.14. The fraction of sp³-hybridized carbons (Fsp3) is 0.500. The molecule has 1 aromatic rings. The van der Waals surface area contributed by atoms with E-state index >= 15 is 0 Å². The summed E-state index contributed by atoms with van der Waals surface area (Å²) in [5, 5.41) is 0.699. The van der Waals surface area contributed by atoms with Crippen LogP contribution in [0.1, 0.15) is 17.5 Å². The van der Waals surface area contributed by atoms with Crippen molar-refractivity contribution in [3.63, 3.8) is 0 Å². The van der Waals surface area contributed by atoms with Crippen LogP contribution in [0.15, 0.2) is 6.07 Å². The number of ether oxygens (including phenoxy) is 2. The molecule has 16 heavy (non-hydrogen) atoms. The van der Waals surface area contributed by atoms with E-state index in [1.807, 2.05) is 6.92 Å². The Morgan fingerprint density at radius 2 is 2.00 bits per heavy atom. The summed E-state index contributed by atoms with van der Waals surface area (Å²) in [7, 11) is 3.24. The van der Waals surface area contributed by atoms with Gasteiger partial charge in [-0.3, -0.25) is 0 Å². The molecule has 0 aliphatic heterocycles. The molecule has 0 radical (unpaired) electrons. The quantitative estimate of drug-likeness (QED) is 0.865. The van der Waals surface area contributed by atoms with E-state index in [1.165, 1.54) is 0 Å². The van der Waals surface area contributed by atoms with Crippen LogP contribution in [-0.2, 0) is 6.42 Å². The molecular formula is C12H18ClNO2. The van der Waals surface area contributed by atoms with Gasteiger partial charge in [-0.2, -0.15) is 0 Å². The molecular weight excluding hydrogens is 226 g/mol. The minimum absolute atomic E-state index is 0.650. The Morgan fingerprint density at radius 3 is 2.50 bits per heavy atom. The molecule has 0 spiro atoms. The average molecular weight is 244 g/mol. The molecule has 0 aromatic heterocycles. The van der Waals surface area contributed by atoms with Crippen LogP contribution in [-0.4, -0.2) is 20.8 Å². The van der Waals surface area contributed by atoms with Crippen LogP contribution in [0, 0.1) is 6.92 Å². The van der Waals surface area contributed by atoms with Crippen molar-refractivity contribution >= 4 is 11.6 Å². The first-order valence-electron chi connectivity index (χ1n) is 5.25. The van der Waals surface area contributed by atoms with Crippen molar-refractivity contribution in [2.24, 2.45) is 5.73 Å². The van der Waals surface area contributed by atoms with E-state index in [4.69, 9.17) is 26.8 Å². The van der Waals surface area contributed by atoms with Crippen molar-refractivity contribution in [3.8, 4) is 11.5 Å². The summed E-state index contributed by atoms with van der Waals surface area (Å²) in [5.41, 5.74) is 7.64. The monoisotopic (exact) mass is 243 g/mol. The molecule has 90 valence electrons. The smallest absolute Gasteiger partial charge is 0.164 e. The Kier molecular flexibility index (Phi) is 4.90. The summed E-state index contributed by atoms with van der Waals surface area (Å²) in [6.07, 6.45) is 1.75. The molecule has 0 bridgehead atoms. The van der Waals surface area contributed by atoms with Crippen molar-refractivity contribution in [1.29, 1.82) is 0 Å². The molecule has 2 N–H and O–H groups in total. The van der Waals surface area contributed by atoms with Crippen LogP contribution < -0.4 is 15.2 Å². The minimum Gasteiger partial charge on any atom is -0.493 e. The van der Waals surface area contributed by atoms with Gasteiger partial charge in [0.1, 0.15) is 0 Å². The van der Waals surface area contributed by atoms with E-state index in [0.717, 1.165) is 29.7 Å². The Morgan fingerprint density at radius 1 is 1.31 bits per heavy atom. The zero-order valence-corrected chi connectivity index (χ0v) is 10.7. The number of nitrogens with two attached hydrogens (primary N) is 1. The molecule has 4 heteroatoms. The average Bonchev–Trinajstić information content (AvgIpc) is 2.30. The third-order valence-corrected chi connectivity index (χ3v) is 3.01. The lowest BCUT2D eigenvalue weighted by molar-refractivity contribution is 0.351. The van der Waals surface area contributed by atoms with Gasteiger partial charge in [0.15, 0.2) is 11.5 Å². The molecule has 0 saturated heterocycles. The number of hydrogen-bond donors (Lipinski definition) is 1. The van der Waals surface area contributed by atoms with Gasteiger partial charge in [-0.05, 0) is 31.9 Å². The van der Waals surface area contributed by atoms with Gasteiger partial charge < -0.3 is 15.2 Å². The summed E-state index contributed by atoms with van der Waals surface area (Å²) in [5.74, 6) is 1.43. The highest BCUT2D eigenvalue weighted by atomic mass is 35.5. The lowest BCUT2D eigenvalue weighted by Gasteiger charge is -2.16. The van der Waals surface area contributed by atoms with Gasteiger partial charge in [-0.15, -0.1) is 0 Å². The van der Waals surface area contributed by atoms with Gasteiger partial charge in [0.05, 0.1) is 14.2 Å². The summed E-state index contributed by atoms with van der Waals surface area (Å²) in [6, 6.07) is 1.78. The Balaban J connectivity index is 3.23. The maximum Gasteiger partial charge on any atom is 0.164 e. The van der Waals surface area contributed by atoms with E-state index < -0.39 is 0 Å². The third-order valence-electron chi connectivity index (χ3n) is 2.62. The van der Waals surface area contributed by atoms with Crippen molar-refractivity contribution in [2.75, 3.05) is 20.8 Å². The minimum atomic E-state index is 0.650. The van der Waals surface area contributed by atoms with Gasteiger partial charge in [0.2, 0.25) is 0 Å². The molecule has 0 amide bonds. The zero-order valence-electron chi connectivity index (χ0n) is 9.97. The Bertz CT molecular complexity index is 367. The summed E-state index contributed by atoms with van der Waals surface area (Å²) < 4.78 is 10.6. The largest absolute Gasteiger partial charge is 0.493 e. The molecule has 0 fully saturated rings. The second kappa shape index (κ2) is 5.97. The Hall–Kier alpha value is -0.930. The summed E-state index contributed by atoms with van der Waals surface area (Å²) >= 11 is 6.14. The van der Waals surface area contributed by atoms with E-state index in [2.05, 4.69) is 0 Å². The predicted octanol–water partition coefficient (Wildman–Crippen LogP) is 2.56. The highest BCUT2D eigenvalue weighted by Gasteiger charge is 2.15. The SMILES string of the molecule is COc1cc(Cl)c(C)c(CCCN)c1OC. The van der Waals surface area contributed by atoms with Crippen LogP contribution in [0.5, 0.6) is 11.5 Å². The number of halogens is 1. The van der Waals surface area contributed by atoms with Crippen LogP contribution in [0.3, 0.4) is 0 Å². The highest BCUT2D eigenvalue weighted by molar-refractivity contribution is 6.31. The normalized spacial score (nSPS) is 10.3. The topological polar surface area (TPSA) is 44.5 Å². The lowest BCUT2D eigenvalue weighted by Crippen LogP contribution is -2.04. The molecule has 0 saturated carbocycles. The molecule has 0 aliphatic rings. The van der Waals surface area contributed by atoms with E-state index in [-0.39, 0.29) is 0 Å². The first-order valence-corrected chi connectivity index (χ1v) is 5.63. The van der Waals surface area contributed by atoms with Crippen LogP contribution >= 0.6 is 11.6 Å². The maximum absolute atomic E-state index is 6.14. The number of benzene rings is 1. The molecule has 0 atom stereocenters. The first kappa shape index (κ1) is 13.1. The van der Waals surface area contributed by atoms with Crippen LogP contribution in [0.2, 0.25) is 5.02 Å². The van der Waals surface area contributed by atoms with Crippen molar-refractivity contribution < 1.29 is 9.47 Å². The molecule has 1 rings (SSSR count). The number of rotatable bonds is 5. The van der Waals surface area contributed by atoms with Crippen molar-refractivity contribution in [2.45, 2.75) is 19.8 Å².